The molecule has 0 aromatic carbocycles. The van der Waals surface area contributed by atoms with E-state index in [1.807, 2.05) is 0 Å². The molecule has 1 aromatic rings. The van der Waals surface area contributed by atoms with Crippen LogP contribution in [0.3, 0.4) is 0 Å². The summed E-state index contributed by atoms with van der Waals surface area (Å²) >= 11 is 3.50. The van der Waals surface area contributed by atoms with Gasteiger partial charge in [0.2, 0.25) is 0 Å². The number of ether oxygens (including phenoxy) is 1. The van der Waals surface area contributed by atoms with Crippen LogP contribution < -0.4 is 5.73 Å². The second kappa shape index (κ2) is 5.13. The summed E-state index contributed by atoms with van der Waals surface area (Å²) in [7, 11) is 1.71. The van der Waals surface area contributed by atoms with Gasteiger partial charge in [-0.25, -0.2) is 9.97 Å². The van der Waals surface area contributed by atoms with E-state index in [9.17, 15) is 0 Å². The van der Waals surface area contributed by atoms with Crippen LogP contribution in [0.1, 0.15) is 57.0 Å². The monoisotopic (exact) mass is 313 g/mol. The number of nitrogen functional groups attached to an aromatic ring is 1. The zero-order valence-corrected chi connectivity index (χ0v) is 12.7. The van der Waals surface area contributed by atoms with Crippen molar-refractivity contribution in [3.8, 4) is 0 Å². The van der Waals surface area contributed by atoms with Crippen LogP contribution in [0.4, 0.5) is 5.82 Å². The standard InChI is InChI=1S/C13H20BrN3O/c1-4-13(5-2,18-3)12-16-10(8-6-7-8)9(14)11(15)17-12/h8H,4-7H2,1-3H3,(H2,15,16,17). The summed E-state index contributed by atoms with van der Waals surface area (Å²) in [5.41, 5.74) is 6.62. The van der Waals surface area contributed by atoms with E-state index in [1.165, 1.54) is 12.8 Å². The van der Waals surface area contributed by atoms with Gasteiger partial charge in [0.15, 0.2) is 5.82 Å². The summed E-state index contributed by atoms with van der Waals surface area (Å²) < 4.78 is 6.53. The van der Waals surface area contributed by atoms with Gasteiger partial charge in [0.25, 0.3) is 0 Å². The Labute approximate surface area is 116 Å². The van der Waals surface area contributed by atoms with Crippen molar-refractivity contribution < 1.29 is 4.74 Å². The number of aromatic nitrogens is 2. The zero-order valence-electron chi connectivity index (χ0n) is 11.2. The largest absolute Gasteiger partial charge is 0.383 e. The third-order valence-corrected chi connectivity index (χ3v) is 4.62. The SMILES string of the molecule is CCC(CC)(OC)c1nc(N)c(Br)c(C2CC2)n1. The average Bonchev–Trinajstić information content (AvgIpc) is 3.20. The molecule has 1 aromatic heterocycles. The number of methoxy groups -OCH3 is 1. The lowest BCUT2D eigenvalue weighted by atomic mass is 9.95. The van der Waals surface area contributed by atoms with Crippen molar-refractivity contribution in [2.24, 2.45) is 0 Å². The molecule has 4 nitrogen and oxygen atoms in total. The number of rotatable bonds is 5. The molecule has 18 heavy (non-hydrogen) atoms. The molecular formula is C13H20BrN3O. The summed E-state index contributed by atoms with van der Waals surface area (Å²) in [5, 5.41) is 0. The summed E-state index contributed by atoms with van der Waals surface area (Å²) in [4.78, 5) is 9.14. The predicted molar refractivity (Wildman–Crippen MR) is 75.4 cm³/mol. The van der Waals surface area contributed by atoms with Crippen molar-refractivity contribution in [3.05, 3.63) is 16.0 Å². The molecule has 0 amide bonds. The molecule has 100 valence electrons. The summed E-state index contributed by atoms with van der Waals surface area (Å²) in [6.07, 6.45) is 4.05. The fraction of sp³-hybridized carbons (Fsp3) is 0.692. The molecule has 1 aliphatic rings. The van der Waals surface area contributed by atoms with Gasteiger partial charge in [-0.3, -0.25) is 0 Å². The van der Waals surface area contributed by atoms with Gasteiger partial charge >= 0.3 is 0 Å². The molecule has 0 unspecified atom stereocenters. The van der Waals surface area contributed by atoms with E-state index in [1.54, 1.807) is 7.11 Å². The second-order valence-electron chi connectivity index (χ2n) is 4.81. The maximum absolute atomic E-state index is 5.99. The van der Waals surface area contributed by atoms with Crippen LogP contribution in [0.2, 0.25) is 0 Å². The smallest absolute Gasteiger partial charge is 0.162 e. The van der Waals surface area contributed by atoms with Gasteiger partial charge in [-0.2, -0.15) is 0 Å². The maximum atomic E-state index is 5.99. The molecule has 1 aliphatic carbocycles. The Morgan fingerprint density at radius 1 is 1.33 bits per heavy atom. The first-order valence-corrected chi connectivity index (χ1v) is 7.25. The Kier molecular flexibility index (Phi) is 3.92. The van der Waals surface area contributed by atoms with Gasteiger partial charge in [-0.15, -0.1) is 0 Å². The Hall–Kier alpha value is -0.680. The first kappa shape index (κ1) is 13.7. The molecule has 2 N–H and O–H groups in total. The third kappa shape index (κ3) is 2.26. The van der Waals surface area contributed by atoms with Crippen molar-refractivity contribution in [3.63, 3.8) is 0 Å². The number of hydrogen-bond donors (Lipinski definition) is 1. The number of anilines is 1. The molecule has 1 saturated carbocycles. The molecule has 0 atom stereocenters. The van der Waals surface area contributed by atoms with Crippen LogP contribution >= 0.6 is 15.9 Å². The molecule has 1 heterocycles. The van der Waals surface area contributed by atoms with E-state index in [2.05, 4.69) is 34.8 Å². The Balaban J connectivity index is 2.50. The van der Waals surface area contributed by atoms with Gasteiger partial charge in [0, 0.05) is 13.0 Å². The highest BCUT2D eigenvalue weighted by Crippen LogP contribution is 2.44. The van der Waals surface area contributed by atoms with E-state index in [-0.39, 0.29) is 0 Å². The van der Waals surface area contributed by atoms with E-state index in [0.717, 1.165) is 28.8 Å². The van der Waals surface area contributed by atoms with E-state index < -0.39 is 5.60 Å². The maximum Gasteiger partial charge on any atom is 0.162 e. The van der Waals surface area contributed by atoms with Gasteiger partial charge < -0.3 is 10.5 Å². The first-order chi connectivity index (χ1) is 8.57. The minimum absolute atomic E-state index is 0.418. The van der Waals surface area contributed by atoms with E-state index >= 15 is 0 Å². The average molecular weight is 314 g/mol. The quantitative estimate of drug-likeness (QED) is 0.905. The van der Waals surface area contributed by atoms with Crippen LogP contribution in [0.15, 0.2) is 4.47 Å². The topological polar surface area (TPSA) is 61.0 Å². The Morgan fingerprint density at radius 2 is 1.94 bits per heavy atom. The molecule has 5 heteroatoms. The van der Waals surface area contributed by atoms with Crippen molar-refractivity contribution in [2.75, 3.05) is 12.8 Å². The van der Waals surface area contributed by atoms with Crippen LogP contribution in [-0.2, 0) is 10.3 Å². The number of nitrogens with two attached hydrogens (primary N) is 1. The zero-order chi connectivity index (χ0) is 13.3. The highest BCUT2D eigenvalue weighted by Gasteiger charge is 2.35. The molecule has 1 fully saturated rings. The van der Waals surface area contributed by atoms with Gasteiger partial charge in [0.1, 0.15) is 11.4 Å². The lowest BCUT2D eigenvalue weighted by Crippen LogP contribution is -2.30. The molecule has 0 spiro atoms. The highest BCUT2D eigenvalue weighted by molar-refractivity contribution is 9.10. The molecular weight excluding hydrogens is 294 g/mol. The van der Waals surface area contributed by atoms with Crippen molar-refractivity contribution in [1.29, 1.82) is 0 Å². The van der Waals surface area contributed by atoms with Gasteiger partial charge in [0.05, 0.1) is 10.2 Å². The van der Waals surface area contributed by atoms with Crippen LogP contribution in [0, 0.1) is 0 Å². The number of halogens is 1. The Morgan fingerprint density at radius 3 is 2.39 bits per heavy atom. The molecule has 2 rings (SSSR count). The van der Waals surface area contributed by atoms with Crippen LogP contribution in [0.5, 0.6) is 0 Å². The fourth-order valence-corrected chi connectivity index (χ4v) is 2.76. The normalized spacial score (nSPS) is 16.0. The van der Waals surface area contributed by atoms with Crippen LogP contribution in [0.25, 0.3) is 0 Å². The van der Waals surface area contributed by atoms with Crippen LogP contribution in [-0.4, -0.2) is 17.1 Å². The lowest BCUT2D eigenvalue weighted by molar-refractivity contribution is -0.0292. The molecule has 0 aliphatic heterocycles. The predicted octanol–water partition coefficient (Wildman–Crippen LogP) is 3.36. The first-order valence-electron chi connectivity index (χ1n) is 6.46. The van der Waals surface area contributed by atoms with Crippen molar-refractivity contribution in [1.82, 2.24) is 9.97 Å². The van der Waals surface area contributed by atoms with Gasteiger partial charge in [-0.1, -0.05) is 13.8 Å². The minimum Gasteiger partial charge on any atom is -0.383 e. The summed E-state index contributed by atoms with van der Waals surface area (Å²) in [6, 6.07) is 0. The van der Waals surface area contributed by atoms with Crippen molar-refractivity contribution in [2.45, 2.75) is 51.0 Å². The number of nitrogens with zero attached hydrogens (tertiary/aromatic N) is 2. The van der Waals surface area contributed by atoms with E-state index in [4.69, 9.17) is 15.5 Å². The molecule has 0 saturated heterocycles. The highest BCUT2D eigenvalue weighted by atomic mass is 79.9. The second-order valence-corrected chi connectivity index (χ2v) is 5.60. The summed E-state index contributed by atoms with van der Waals surface area (Å²) in [6.45, 7) is 4.18. The minimum atomic E-state index is -0.418. The third-order valence-electron chi connectivity index (χ3n) is 3.81. The Bertz CT molecular complexity index is 434. The lowest BCUT2D eigenvalue weighted by Gasteiger charge is -2.29. The van der Waals surface area contributed by atoms with E-state index in [0.29, 0.717) is 11.7 Å². The summed E-state index contributed by atoms with van der Waals surface area (Å²) in [5.74, 6) is 1.77. The number of hydrogen-bond acceptors (Lipinski definition) is 4. The molecule has 0 bridgehead atoms. The van der Waals surface area contributed by atoms with Gasteiger partial charge in [-0.05, 0) is 41.6 Å². The molecule has 0 radical (unpaired) electrons. The van der Waals surface area contributed by atoms with Crippen molar-refractivity contribution >= 4 is 21.7 Å². The fourth-order valence-electron chi connectivity index (χ4n) is 2.26.